The summed E-state index contributed by atoms with van der Waals surface area (Å²) in [7, 11) is 0. The Kier molecular flexibility index (Phi) is 5.78. The minimum atomic E-state index is -0.624. The lowest BCUT2D eigenvalue weighted by Gasteiger charge is -2.09. The fourth-order valence-electron chi connectivity index (χ4n) is 2.32. The molecule has 0 spiro atoms. The van der Waals surface area contributed by atoms with Gasteiger partial charge in [-0.2, -0.15) is 5.10 Å². The largest absolute Gasteiger partial charge is 0.457 e. The van der Waals surface area contributed by atoms with Crippen molar-refractivity contribution in [2.75, 3.05) is 5.32 Å². The van der Waals surface area contributed by atoms with E-state index in [-0.39, 0.29) is 16.6 Å². The number of benzene rings is 2. The van der Waals surface area contributed by atoms with E-state index in [1.165, 1.54) is 6.20 Å². The lowest BCUT2D eigenvalue weighted by molar-refractivity contribution is -0.117. The minimum Gasteiger partial charge on any atom is -0.457 e. The van der Waals surface area contributed by atoms with Gasteiger partial charge in [0, 0.05) is 5.69 Å². The Morgan fingerprint density at radius 2 is 1.89 bits per heavy atom. The molecule has 6 nitrogen and oxygen atoms in total. The number of hydrogen-bond donors (Lipinski definition) is 1. The third kappa shape index (κ3) is 4.87. The van der Waals surface area contributed by atoms with Gasteiger partial charge in [0.05, 0.1) is 11.2 Å². The Balaban J connectivity index is 1.63. The smallest absolute Gasteiger partial charge is 0.287 e. The van der Waals surface area contributed by atoms with E-state index in [2.05, 4.69) is 10.4 Å². The lowest BCUT2D eigenvalue weighted by Crippen LogP contribution is -2.29. The van der Waals surface area contributed by atoms with Crippen molar-refractivity contribution in [1.29, 1.82) is 0 Å². The van der Waals surface area contributed by atoms with Crippen molar-refractivity contribution in [3.63, 3.8) is 0 Å². The third-order valence-corrected chi connectivity index (χ3v) is 4.35. The number of nitrogens with zero attached hydrogens (tertiary/aromatic N) is 2. The maximum absolute atomic E-state index is 12.1. The molecule has 0 aliphatic heterocycles. The lowest BCUT2D eigenvalue weighted by atomic mass is 10.2. The molecule has 2 aromatic carbocycles. The quantitative estimate of drug-likeness (QED) is 0.689. The fourth-order valence-corrected chi connectivity index (χ4v) is 2.59. The standard InChI is InChI=1S/C19H15Cl2N3O3/c1-12-3-2-4-15(9-12)27-14-7-5-13(6-8-14)23-17(25)11-24-19(26)18(21)16(20)10-22-24/h2-10H,11H2,1H3,(H,23,25). The Morgan fingerprint density at radius 3 is 2.59 bits per heavy atom. The van der Waals surface area contributed by atoms with Crippen LogP contribution >= 0.6 is 23.2 Å². The summed E-state index contributed by atoms with van der Waals surface area (Å²) >= 11 is 11.5. The average molecular weight is 404 g/mol. The van der Waals surface area contributed by atoms with Crippen LogP contribution in [-0.4, -0.2) is 15.7 Å². The second-order valence-electron chi connectivity index (χ2n) is 5.76. The van der Waals surface area contributed by atoms with Crippen molar-refractivity contribution in [2.24, 2.45) is 0 Å². The second kappa shape index (κ2) is 8.24. The van der Waals surface area contributed by atoms with Gasteiger partial charge in [-0.25, -0.2) is 4.68 Å². The summed E-state index contributed by atoms with van der Waals surface area (Å²) in [6.07, 6.45) is 1.22. The zero-order valence-electron chi connectivity index (χ0n) is 14.3. The highest BCUT2D eigenvalue weighted by atomic mass is 35.5. The van der Waals surface area contributed by atoms with Crippen molar-refractivity contribution >= 4 is 34.8 Å². The van der Waals surface area contributed by atoms with Crippen LogP contribution in [0.4, 0.5) is 5.69 Å². The molecule has 0 aliphatic rings. The zero-order chi connectivity index (χ0) is 19.4. The molecule has 1 amide bonds. The van der Waals surface area contributed by atoms with Crippen LogP contribution in [0.3, 0.4) is 0 Å². The molecule has 1 heterocycles. The molecule has 0 aliphatic carbocycles. The normalized spacial score (nSPS) is 10.5. The molecule has 138 valence electrons. The number of rotatable bonds is 5. The first-order valence-electron chi connectivity index (χ1n) is 7.98. The predicted molar refractivity (Wildman–Crippen MR) is 105 cm³/mol. The fraction of sp³-hybridized carbons (Fsp3) is 0.105. The number of aryl methyl sites for hydroxylation is 1. The van der Waals surface area contributed by atoms with E-state index in [9.17, 15) is 9.59 Å². The van der Waals surface area contributed by atoms with Crippen molar-refractivity contribution < 1.29 is 9.53 Å². The molecule has 3 aromatic rings. The molecule has 0 atom stereocenters. The average Bonchev–Trinajstić information content (AvgIpc) is 2.64. The number of nitrogens with one attached hydrogen (secondary N) is 1. The van der Waals surface area contributed by atoms with Crippen molar-refractivity contribution in [2.45, 2.75) is 13.5 Å². The molecule has 1 aromatic heterocycles. The number of amides is 1. The predicted octanol–water partition coefficient (Wildman–Crippen LogP) is 4.29. The summed E-state index contributed by atoms with van der Waals surface area (Å²) in [5, 5.41) is 6.35. The minimum absolute atomic E-state index is 0.0440. The molecular weight excluding hydrogens is 389 g/mol. The van der Waals surface area contributed by atoms with Crippen LogP contribution < -0.4 is 15.6 Å². The molecule has 3 rings (SSSR count). The van der Waals surface area contributed by atoms with Crippen molar-refractivity contribution in [1.82, 2.24) is 9.78 Å². The van der Waals surface area contributed by atoms with E-state index >= 15 is 0 Å². The van der Waals surface area contributed by atoms with Gasteiger partial charge in [0.25, 0.3) is 5.56 Å². The van der Waals surface area contributed by atoms with Gasteiger partial charge in [-0.05, 0) is 48.9 Å². The van der Waals surface area contributed by atoms with E-state index in [0.717, 1.165) is 16.0 Å². The van der Waals surface area contributed by atoms with Gasteiger partial charge < -0.3 is 10.1 Å². The molecule has 0 unspecified atom stereocenters. The van der Waals surface area contributed by atoms with Crippen LogP contribution in [0.1, 0.15) is 5.56 Å². The Hall–Kier alpha value is -2.83. The number of carbonyl (C=O) groups excluding carboxylic acids is 1. The van der Waals surface area contributed by atoms with Gasteiger partial charge >= 0.3 is 0 Å². The monoisotopic (exact) mass is 403 g/mol. The van der Waals surface area contributed by atoms with Gasteiger partial charge in [0.1, 0.15) is 23.1 Å². The third-order valence-electron chi connectivity index (χ3n) is 3.60. The van der Waals surface area contributed by atoms with Crippen LogP contribution in [0.5, 0.6) is 11.5 Å². The van der Waals surface area contributed by atoms with Gasteiger partial charge in [-0.15, -0.1) is 0 Å². The number of hydrogen-bond acceptors (Lipinski definition) is 4. The molecule has 0 radical (unpaired) electrons. The summed E-state index contributed by atoms with van der Waals surface area (Å²) in [4.78, 5) is 24.0. The summed E-state index contributed by atoms with van der Waals surface area (Å²) < 4.78 is 6.70. The first-order chi connectivity index (χ1) is 12.9. The molecule has 0 bridgehead atoms. The van der Waals surface area contributed by atoms with Crippen molar-refractivity contribution in [3.8, 4) is 11.5 Å². The number of anilines is 1. The van der Waals surface area contributed by atoms with E-state index in [1.807, 2.05) is 31.2 Å². The van der Waals surface area contributed by atoms with Crippen molar-refractivity contribution in [3.05, 3.63) is 80.7 Å². The van der Waals surface area contributed by atoms with Gasteiger partial charge in [0.15, 0.2) is 0 Å². The van der Waals surface area contributed by atoms with Gasteiger partial charge in [-0.3, -0.25) is 9.59 Å². The number of halogens is 2. The first-order valence-corrected chi connectivity index (χ1v) is 8.73. The van der Waals surface area contributed by atoms with E-state index in [4.69, 9.17) is 27.9 Å². The highest BCUT2D eigenvalue weighted by Gasteiger charge is 2.11. The Bertz CT molecular complexity index is 1030. The molecule has 0 fully saturated rings. The van der Waals surface area contributed by atoms with E-state index in [1.54, 1.807) is 24.3 Å². The highest BCUT2D eigenvalue weighted by molar-refractivity contribution is 6.41. The van der Waals surface area contributed by atoms with Crippen LogP contribution in [0, 0.1) is 6.92 Å². The van der Waals surface area contributed by atoms with E-state index in [0.29, 0.717) is 11.4 Å². The number of carbonyl (C=O) groups is 1. The zero-order valence-corrected chi connectivity index (χ0v) is 15.8. The van der Waals surface area contributed by atoms with Crippen LogP contribution in [0.15, 0.2) is 59.5 Å². The highest BCUT2D eigenvalue weighted by Crippen LogP contribution is 2.23. The summed E-state index contributed by atoms with van der Waals surface area (Å²) in [5.41, 5.74) is 1.04. The second-order valence-corrected chi connectivity index (χ2v) is 6.55. The maximum atomic E-state index is 12.1. The summed E-state index contributed by atoms with van der Waals surface area (Å²) in [5.74, 6) is 0.952. The summed E-state index contributed by atoms with van der Waals surface area (Å²) in [6.45, 7) is 1.71. The maximum Gasteiger partial charge on any atom is 0.287 e. The van der Waals surface area contributed by atoms with Crippen LogP contribution in [0.2, 0.25) is 10.0 Å². The molecule has 0 saturated carbocycles. The van der Waals surface area contributed by atoms with Gasteiger partial charge in [-0.1, -0.05) is 35.3 Å². The Morgan fingerprint density at radius 1 is 1.15 bits per heavy atom. The Labute approximate surface area is 165 Å². The van der Waals surface area contributed by atoms with Crippen LogP contribution in [0.25, 0.3) is 0 Å². The summed E-state index contributed by atoms with van der Waals surface area (Å²) in [6, 6.07) is 14.6. The topological polar surface area (TPSA) is 73.2 Å². The number of ether oxygens (including phenoxy) is 1. The molecule has 0 saturated heterocycles. The van der Waals surface area contributed by atoms with Crippen LogP contribution in [-0.2, 0) is 11.3 Å². The first kappa shape index (κ1) is 18.9. The molecule has 8 heteroatoms. The SMILES string of the molecule is Cc1cccc(Oc2ccc(NC(=O)Cn3ncc(Cl)c(Cl)c3=O)cc2)c1. The van der Waals surface area contributed by atoms with E-state index < -0.39 is 11.5 Å². The van der Waals surface area contributed by atoms with Gasteiger partial charge in [0.2, 0.25) is 5.91 Å². The number of aromatic nitrogens is 2. The molecular formula is C19H15Cl2N3O3. The molecule has 1 N–H and O–H groups in total. The molecule has 27 heavy (non-hydrogen) atoms.